The van der Waals surface area contributed by atoms with Gasteiger partial charge in [-0.15, -0.1) is 0 Å². The molecule has 1 aliphatic rings. The number of anilines is 1. The number of imide groups is 1. The van der Waals surface area contributed by atoms with Crippen molar-refractivity contribution in [1.29, 1.82) is 0 Å². The fraction of sp³-hybridized carbons (Fsp3) is 0.0556. The number of thioether (sulfide) groups is 1. The first-order valence-electron chi connectivity index (χ1n) is 8.03. The topological polar surface area (TPSA) is 130 Å². The second-order valence-corrected chi connectivity index (χ2v) is 6.79. The van der Waals surface area contributed by atoms with E-state index in [1.165, 1.54) is 24.3 Å². The number of phenols is 1. The van der Waals surface area contributed by atoms with Gasteiger partial charge in [0.05, 0.1) is 15.5 Å². The molecule has 0 spiro atoms. The third-order valence-electron chi connectivity index (χ3n) is 3.83. The summed E-state index contributed by atoms with van der Waals surface area (Å²) < 4.78 is 13.7. The van der Waals surface area contributed by atoms with Gasteiger partial charge in [0, 0.05) is 17.7 Å². The standard InChI is InChI=1S/C18H12FN3O6S/c19-12-4-2-1-3-10(12)7-15-17(25)21(18(26)29-15)9-16(24)20-13-8-11(22(27)28)5-6-14(13)23/h1-8,23H,9H2,(H,20,24)/b15-7-. The second-order valence-electron chi connectivity index (χ2n) is 5.80. The molecular formula is C18H12FN3O6S. The van der Waals surface area contributed by atoms with Crippen molar-refractivity contribution < 1.29 is 28.8 Å². The summed E-state index contributed by atoms with van der Waals surface area (Å²) in [4.78, 5) is 47.4. The van der Waals surface area contributed by atoms with Crippen LogP contribution in [0.25, 0.3) is 6.08 Å². The fourth-order valence-electron chi connectivity index (χ4n) is 2.44. The number of nitro groups is 1. The number of non-ortho nitro benzene ring substituents is 1. The van der Waals surface area contributed by atoms with Gasteiger partial charge in [-0.25, -0.2) is 4.39 Å². The Bertz CT molecular complexity index is 1070. The van der Waals surface area contributed by atoms with Crippen molar-refractivity contribution in [3.63, 3.8) is 0 Å². The molecular weight excluding hydrogens is 405 g/mol. The summed E-state index contributed by atoms with van der Waals surface area (Å²) in [5.74, 6) is -2.62. The highest BCUT2D eigenvalue weighted by molar-refractivity contribution is 8.18. The lowest BCUT2D eigenvalue weighted by Gasteiger charge is -2.13. The number of benzene rings is 2. The Morgan fingerprint density at radius 2 is 2.00 bits per heavy atom. The largest absolute Gasteiger partial charge is 0.506 e. The number of carbonyl (C=O) groups is 3. The van der Waals surface area contributed by atoms with E-state index in [2.05, 4.69) is 5.32 Å². The molecule has 148 valence electrons. The third-order valence-corrected chi connectivity index (χ3v) is 4.74. The van der Waals surface area contributed by atoms with Crippen LogP contribution in [0.3, 0.4) is 0 Å². The van der Waals surface area contributed by atoms with Crippen LogP contribution in [0.4, 0.5) is 20.6 Å². The molecule has 1 saturated heterocycles. The predicted molar refractivity (Wildman–Crippen MR) is 102 cm³/mol. The van der Waals surface area contributed by atoms with E-state index in [-0.39, 0.29) is 21.8 Å². The molecule has 2 aromatic carbocycles. The number of amides is 3. The van der Waals surface area contributed by atoms with E-state index >= 15 is 0 Å². The number of phenolic OH excluding ortho intramolecular Hbond substituents is 1. The predicted octanol–water partition coefficient (Wildman–Crippen LogP) is 3.11. The van der Waals surface area contributed by atoms with Crippen LogP contribution in [0.1, 0.15) is 5.56 Å². The molecule has 0 bridgehead atoms. The van der Waals surface area contributed by atoms with Gasteiger partial charge in [-0.2, -0.15) is 0 Å². The number of aromatic hydroxyl groups is 1. The average Bonchev–Trinajstić information content (AvgIpc) is 2.92. The molecule has 0 radical (unpaired) electrons. The average molecular weight is 417 g/mol. The van der Waals surface area contributed by atoms with Gasteiger partial charge in [-0.05, 0) is 30.0 Å². The van der Waals surface area contributed by atoms with Crippen LogP contribution in [0, 0.1) is 15.9 Å². The van der Waals surface area contributed by atoms with E-state index in [1.807, 2.05) is 0 Å². The zero-order valence-electron chi connectivity index (χ0n) is 14.5. The van der Waals surface area contributed by atoms with Crippen LogP contribution in [-0.4, -0.2) is 38.5 Å². The van der Waals surface area contributed by atoms with Gasteiger partial charge in [0.1, 0.15) is 18.1 Å². The molecule has 0 atom stereocenters. The van der Waals surface area contributed by atoms with Gasteiger partial charge >= 0.3 is 0 Å². The SMILES string of the molecule is O=C(CN1C(=O)S/C(=C\c2ccccc2F)C1=O)Nc1cc([N+](=O)[O-])ccc1O. The van der Waals surface area contributed by atoms with Crippen molar-refractivity contribution >= 4 is 46.3 Å². The van der Waals surface area contributed by atoms with Gasteiger partial charge in [0.25, 0.3) is 16.8 Å². The van der Waals surface area contributed by atoms with Gasteiger partial charge in [-0.3, -0.25) is 29.4 Å². The zero-order chi connectivity index (χ0) is 21.1. The Morgan fingerprint density at radius 1 is 1.28 bits per heavy atom. The number of hydrogen-bond donors (Lipinski definition) is 2. The van der Waals surface area contributed by atoms with Crippen LogP contribution in [0.15, 0.2) is 47.4 Å². The monoisotopic (exact) mass is 417 g/mol. The minimum atomic E-state index is -0.852. The Balaban J connectivity index is 1.74. The van der Waals surface area contributed by atoms with Crippen LogP contribution >= 0.6 is 11.8 Å². The van der Waals surface area contributed by atoms with Crippen molar-refractivity contribution in [2.45, 2.75) is 0 Å². The van der Waals surface area contributed by atoms with Gasteiger partial charge in [0.2, 0.25) is 5.91 Å². The molecule has 11 heteroatoms. The number of hydrogen-bond acceptors (Lipinski definition) is 7. The molecule has 9 nitrogen and oxygen atoms in total. The summed E-state index contributed by atoms with van der Waals surface area (Å²) in [6.45, 7) is -0.679. The molecule has 1 heterocycles. The highest BCUT2D eigenvalue weighted by atomic mass is 32.2. The van der Waals surface area contributed by atoms with E-state index in [0.29, 0.717) is 16.7 Å². The van der Waals surface area contributed by atoms with Crippen LogP contribution in [-0.2, 0) is 9.59 Å². The van der Waals surface area contributed by atoms with Crippen molar-refractivity contribution in [3.8, 4) is 5.75 Å². The molecule has 2 aromatic rings. The van der Waals surface area contributed by atoms with E-state index in [9.17, 15) is 34.0 Å². The first kappa shape index (κ1) is 20.0. The van der Waals surface area contributed by atoms with Crippen molar-refractivity contribution in [2.24, 2.45) is 0 Å². The molecule has 1 fully saturated rings. The van der Waals surface area contributed by atoms with Gasteiger partial charge in [-0.1, -0.05) is 18.2 Å². The molecule has 0 saturated carbocycles. The number of nitro benzene ring substituents is 1. The van der Waals surface area contributed by atoms with Crippen molar-refractivity contribution in [1.82, 2.24) is 4.90 Å². The number of nitrogens with one attached hydrogen (secondary N) is 1. The minimum Gasteiger partial charge on any atom is -0.506 e. The van der Waals surface area contributed by atoms with Gasteiger partial charge in [0.15, 0.2) is 0 Å². The highest BCUT2D eigenvalue weighted by Crippen LogP contribution is 2.33. The third kappa shape index (κ3) is 4.41. The molecule has 29 heavy (non-hydrogen) atoms. The fourth-order valence-corrected chi connectivity index (χ4v) is 3.27. The van der Waals surface area contributed by atoms with Crippen LogP contribution in [0.5, 0.6) is 5.75 Å². The van der Waals surface area contributed by atoms with E-state index in [1.54, 1.807) is 6.07 Å². The molecule has 2 N–H and O–H groups in total. The number of carbonyl (C=O) groups excluding carboxylic acids is 3. The summed E-state index contributed by atoms with van der Waals surface area (Å²) >= 11 is 0.556. The van der Waals surface area contributed by atoms with Crippen LogP contribution < -0.4 is 5.32 Å². The lowest BCUT2D eigenvalue weighted by Crippen LogP contribution is -2.36. The van der Waals surface area contributed by atoms with Crippen molar-refractivity contribution in [2.75, 3.05) is 11.9 Å². The number of halogens is 1. The maximum absolute atomic E-state index is 13.7. The number of nitrogens with zero attached hydrogens (tertiary/aromatic N) is 2. The molecule has 0 aromatic heterocycles. The highest BCUT2D eigenvalue weighted by Gasteiger charge is 2.36. The first-order valence-corrected chi connectivity index (χ1v) is 8.85. The summed E-state index contributed by atoms with van der Waals surface area (Å²) in [5, 5.41) is 22.0. The summed E-state index contributed by atoms with van der Waals surface area (Å²) in [7, 11) is 0. The Morgan fingerprint density at radius 3 is 2.69 bits per heavy atom. The van der Waals surface area contributed by atoms with Crippen LogP contribution in [0.2, 0.25) is 0 Å². The molecule has 1 aliphatic heterocycles. The molecule has 0 unspecified atom stereocenters. The second kappa shape index (κ2) is 8.10. The maximum atomic E-state index is 13.7. The van der Waals surface area contributed by atoms with Gasteiger partial charge < -0.3 is 10.4 Å². The quantitative estimate of drug-likeness (QED) is 0.331. The summed E-state index contributed by atoms with van der Waals surface area (Å²) in [6.07, 6.45) is 1.21. The lowest BCUT2D eigenvalue weighted by atomic mass is 10.2. The number of rotatable bonds is 5. The van der Waals surface area contributed by atoms with Crippen molar-refractivity contribution in [3.05, 3.63) is 68.9 Å². The summed E-state index contributed by atoms with van der Waals surface area (Å²) in [6, 6.07) is 8.71. The normalized spacial score (nSPS) is 15.1. The molecule has 3 amide bonds. The maximum Gasteiger partial charge on any atom is 0.294 e. The molecule has 0 aliphatic carbocycles. The first-order chi connectivity index (χ1) is 13.8. The molecule has 3 rings (SSSR count). The lowest BCUT2D eigenvalue weighted by molar-refractivity contribution is -0.384. The Labute approximate surface area is 167 Å². The zero-order valence-corrected chi connectivity index (χ0v) is 15.3. The van der Waals surface area contributed by atoms with E-state index in [4.69, 9.17) is 0 Å². The Kier molecular flexibility index (Phi) is 5.59. The van der Waals surface area contributed by atoms with E-state index < -0.39 is 40.1 Å². The smallest absolute Gasteiger partial charge is 0.294 e. The van der Waals surface area contributed by atoms with E-state index in [0.717, 1.165) is 18.2 Å². The minimum absolute atomic E-state index is 0.0499. The summed E-state index contributed by atoms with van der Waals surface area (Å²) in [5.41, 5.74) is -0.487. The Hall–Kier alpha value is -3.73.